The lowest BCUT2D eigenvalue weighted by Gasteiger charge is -2.24. The fourth-order valence-corrected chi connectivity index (χ4v) is 2.93. The monoisotopic (exact) mass is 305 g/mol. The Bertz CT molecular complexity index is 472. The van der Waals surface area contributed by atoms with Crippen molar-refractivity contribution in [3.63, 3.8) is 0 Å². The molecule has 21 heavy (non-hydrogen) atoms. The third-order valence-corrected chi connectivity index (χ3v) is 4.22. The first-order valence-corrected chi connectivity index (χ1v) is 8.01. The number of amides is 1. The molecule has 0 bridgehead atoms. The fourth-order valence-electron chi connectivity index (χ4n) is 2.84. The molecule has 4 nitrogen and oxygen atoms in total. The maximum Gasteiger partial charge on any atom is 0.223 e. The van der Waals surface area contributed by atoms with Gasteiger partial charge in [-0.05, 0) is 30.4 Å². The second-order valence-electron chi connectivity index (χ2n) is 5.75. The summed E-state index contributed by atoms with van der Waals surface area (Å²) in [5.41, 5.74) is 6.62. The quantitative estimate of drug-likeness (QED) is 0.787. The van der Waals surface area contributed by atoms with Crippen LogP contribution in [0.5, 0.6) is 0 Å². The molecule has 0 aromatic carbocycles. The van der Waals surface area contributed by atoms with E-state index in [0.29, 0.717) is 36.8 Å². The molecule has 5 heteroatoms. The Balaban J connectivity index is 1.96. The van der Waals surface area contributed by atoms with Gasteiger partial charge in [0.1, 0.15) is 0 Å². The van der Waals surface area contributed by atoms with E-state index in [4.69, 9.17) is 18.0 Å². The minimum Gasteiger partial charge on any atom is -0.393 e. The van der Waals surface area contributed by atoms with Gasteiger partial charge in [0.05, 0.1) is 4.99 Å². The van der Waals surface area contributed by atoms with Gasteiger partial charge < -0.3 is 10.6 Å². The van der Waals surface area contributed by atoms with Gasteiger partial charge in [0.15, 0.2) is 0 Å². The first-order chi connectivity index (χ1) is 10.1. The van der Waals surface area contributed by atoms with E-state index in [9.17, 15) is 4.79 Å². The molecule has 0 atom stereocenters. The molecule has 0 spiro atoms. The Kier molecular flexibility index (Phi) is 6.11. The Morgan fingerprint density at radius 3 is 2.81 bits per heavy atom. The third-order valence-electron chi connectivity index (χ3n) is 4.02. The van der Waals surface area contributed by atoms with Gasteiger partial charge in [0.2, 0.25) is 5.91 Å². The SMILES string of the molecule is NC(=S)CCN(Cc1cccnc1)C(=O)CC1CCCC1. The molecule has 1 aliphatic rings. The average molecular weight is 305 g/mol. The van der Waals surface area contributed by atoms with E-state index in [1.165, 1.54) is 25.7 Å². The van der Waals surface area contributed by atoms with E-state index < -0.39 is 0 Å². The smallest absolute Gasteiger partial charge is 0.223 e. The Morgan fingerprint density at radius 2 is 2.19 bits per heavy atom. The van der Waals surface area contributed by atoms with Crippen LogP contribution < -0.4 is 5.73 Å². The zero-order chi connectivity index (χ0) is 15.1. The van der Waals surface area contributed by atoms with Crippen LogP contribution in [0.2, 0.25) is 0 Å². The van der Waals surface area contributed by atoms with Crippen LogP contribution >= 0.6 is 12.2 Å². The van der Waals surface area contributed by atoms with Crippen molar-refractivity contribution in [2.75, 3.05) is 6.54 Å². The van der Waals surface area contributed by atoms with Crippen molar-refractivity contribution in [3.05, 3.63) is 30.1 Å². The van der Waals surface area contributed by atoms with Gasteiger partial charge in [-0.1, -0.05) is 31.1 Å². The number of nitrogens with zero attached hydrogens (tertiary/aromatic N) is 2. The number of hydrogen-bond donors (Lipinski definition) is 1. The van der Waals surface area contributed by atoms with Crippen LogP contribution in [0.1, 0.15) is 44.1 Å². The van der Waals surface area contributed by atoms with Crippen LogP contribution in [-0.2, 0) is 11.3 Å². The normalized spacial score (nSPS) is 15.0. The molecule has 0 saturated heterocycles. The predicted octanol–water partition coefficient (Wildman–Crippen LogP) is 2.67. The number of pyridine rings is 1. The largest absolute Gasteiger partial charge is 0.393 e. The summed E-state index contributed by atoms with van der Waals surface area (Å²) in [7, 11) is 0. The first kappa shape index (κ1) is 15.9. The van der Waals surface area contributed by atoms with Gasteiger partial charge in [0.25, 0.3) is 0 Å². The molecule has 2 N–H and O–H groups in total. The van der Waals surface area contributed by atoms with Crippen LogP contribution in [0.15, 0.2) is 24.5 Å². The molecule has 0 unspecified atom stereocenters. The lowest BCUT2D eigenvalue weighted by atomic mass is 10.0. The molecular weight excluding hydrogens is 282 g/mol. The minimum atomic E-state index is 0.210. The topological polar surface area (TPSA) is 59.2 Å². The number of nitrogens with two attached hydrogens (primary N) is 1. The highest BCUT2D eigenvalue weighted by Crippen LogP contribution is 2.28. The van der Waals surface area contributed by atoms with E-state index in [1.807, 2.05) is 17.0 Å². The highest BCUT2D eigenvalue weighted by Gasteiger charge is 2.22. The summed E-state index contributed by atoms with van der Waals surface area (Å²) in [6, 6.07) is 3.88. The average Bonchev–Trinajstić information content (AvgIpc) is 2.97. The number of thiocarbonyl (C=S) groups is 1. The molecule has 1 aromatic rings. The van der Waals surface area contributed by atoms with Gasteiger partial charge >= 0.3 is 0 Å². The van der Waals surface area contributed by atoms with Crippen molar-refractivity contribution in [2.45, 2.75) is 45.1 Å². The van der Waals surface area contributed by atoms with Gasteiger partial charge in [-0.2, -0.15) is 0 Å². The Labute approximate surface area is 131 Å². The fraction of sp³-hybridized carbons (Fsp3) is 0.562. The maximum absolute atomic E-state index is 12.5. The van der Waals surface area contributed by atoms with Crippen LogP contribution in [-0.4, -0.2) is 27.3 Å². The van der Waals surface area contributed by atoms with Crippen molar-refractivity contribution in [3.8, 4) is 0 Å². The van der Waals surface area contributed by atoms with E-state index in [1.54, 1.807) is 12.4 Å². The van der Waals surface area contributed by atoms with Crippen molar-refractivity contribution >= 4 is 23.1 Å². The Morgan fingerprint density at radius 1 is 1.43 bits per heavy atom. The van der Waals surface area contributed by atoms with Crippen molar-refractivity contribution in [1.29, 1.82) is 0 Å². The van der Waals surface area contributed by atoms with Crippen LogP contribution in [0.3, 0.4) is 0 Å². The Hall–Kier alpha value is -1.49. The number of carbonyl (C=O) groups is 1. The van der Waals surface area contributed by atoms with E-state index in [2.05, 4.69) is 4.98 Å². The zero-order valence-corrected chi connectivity index (χ0v) is 13.1. The number of rotatable bonds is 7. The molecule has 1 amide bonds. The molecular formula is C16H23N3OS. The number of aromatic nitrogens is 1. The molecule has 1 aliphatic carbocycles. The third kappa shape index (κ3) is 5.42. The van der Waals surface area contributed by atoms with E-state index >= 15 is 0 Å². The standard InChI is InChI=1S/C16H23N3OS/c17-15(21)7-9-19(12-14-6-3-8-18-11-14)16(20)10-13-4-1-2-5-13/h3,6,8,11,13H,1-2,4-5,7,9-10,12H2,(H2,17,21). The lowest BCUT2D eigenvalue weighted by Crippen LogP contribution is -2.34. The molecule has 2 rings (SSSR count). The zero-order valence-electron chi connectivity index (χ0n) is 12.3. The maximum atomic E-state index is 12.5. The van der Waals surface area contributed by atoms with Gasteiger partial charge in [-0.15, -0.1) is 0 Å². The van der Waals surface area contributed by atoms with Crippen molar-refractivity contribution < 1.29 is 4.79 Å². The minimum absolute atomic E-state index is 0.210. The number of hydrogen-bond acceptors (Lipinski definition) is 3. The van der Waals surface area contributed by atoms with Crippen molar-refractivity contribution in [2.24, 2.45) is 11.7 Å². The highest BCUT2D eigenvalue weighted by atomic mass is 32.1. The predicted molar refractivity (Wildman–Crippen MR) is 87.6 cm³/mol. The number of carbonyl (C=O) groups excluding carboxylic acids is 1. The van der Waals surface area contributed by atoms with Crippen LogP contribution in [0.4, 0.5) is 0 Å². The molecule has 1 heterocycles. The molecule has 1 aromatic heterocycles. The van der Waals surface area contributed by atoms with Crippen molar-refractivity contribution in [1.82, 2.24) is 9.88 Å². The van der Waals surface area contributed by atoms with Gasteiger partial charge in [-0.25, -0.2) is 0 Å². The molecule has 114 valence electrons. The summed E-state index contributed by atoms with van der Waals surface area (Å²) < 4.78 is 0. The second-order valence-corrected chi connectivity index (χ2v) is 6.27. The first-order valence-electron chi connectivity index (χ1n) is 7.60. The molecule has 0 radical (unpaired) electrons. The van der Waals surface area contributed by atoms with Gasteiger partial charge in [0, 0.05) is 38.3 Å². The summed E-state index contributed by atoms with van der Waals surface area (Å²) in [4.78, 5) is 19.0. The summed E-state index contributed by atoms with van der Waals surface area (Å²) in [6.45, 7) is 1.18. The molecule has 0 aliphatic heterocycles. The van der Waals surface area contributed by atoms with E-state index in [-0.39, 0.29) is 5.91 Å². The van der Waals surface area contributed by atoms with Crippen LogP contribution in [0.25, 0.3) is 0 Å². The van der Waals surface area contributed by atoms with Crippen LogP contribution in [0, 0.1) is 5.92 Å². The summed E-state index contributed by atoms with van der Waals surface area (Å²) >= 11 is 4.94. The highest BCUT2D eigenvalue weighted by molar-refractivity contribution is 7.80. The lowest BCUT2D eigenvalue weighted by molar-refractivity contribution is -0.132. The summed E-state index contributed by atoms with van der Waals surface area (Å²) in [5.74, 6) is 0.765. The summed E-state index contributed by atoms with van der Waals surface area (Å²) in [6.07, 6.45) is 9.65. The van der Waals surface area contributed by atoms with Gasteiger partial charge in [-0.3, -0.25) is 9.78 Å². The second kappa shape index (κ2) is 8.08. The molecule has 1 saturated carbocycles. The van der Waals surface area contributed by atoms with E-state index in [0.717, 1.165) is 5.56 Å². The molecule has 1 fully saturated rings. The summed E-state index contributed by atoms with van der Waals surface area (Å²) in [5, 5.41) is 0.